The Kier molecular flexibility index (Phi) is 4.54. The van der Waals surface area contributed by atoms with E-state index in [2.05, 4.69) is 6.07 Å². The van der Waals surface area contributed by atoms with Crippen molar-refractivity contribution < 1.29 is 9.47 Å². The summed E-state index contributed by atoms with van der Waals surface area (Å²) in [4.78, 5) is 0. The average Bonchev–Trinajstić information content (AvgIpc) is 2.48. The Bertz CT molecular complexity index is 587. The molecule has 0 spiro atoms. The highest BCUT2D eigenvalue weighted by atomic mass is 16.5. The molecule has 3 heteroatoms. The maximum Gasteiger partial charge on any atom is 0.119 e. The maximum absolute atomic E-state index is 8.98. The van der Waals surface area contributed by atoms with Crippen LogP contribution in [0.4, 0.5) is 0 Å². The van der Waals surface area contributed by atoms with Crippen LogP contribution in [0.2, 0.25) is 0 Å². The van der Waals surface area contributed by atoms with Crippen molar-refractivity contribution in [3.8, 4) is 11.8 Å². The SMILES string of the molecule is COc1cccc(COCc2ccccc2C#N)c1. The van der Waals surface area contributed by atoms with E-state index in [1.165, 1.54) is 0 Å². The van der Waals surface area contributed by atoms with Crippen molar-refractivity contribution in [3.63, 3.8) is 0 Å². The molecule has 2 aromatic carbocycles. The van der Waals surface area contributed by atoms with Crippen LogP contribution < -0.4 is 4.74 Å². The zero-order valence-electron chi connectivity index (χ0n) is 10.8. The van der Waals surface area contributed by atoms with Crippen molar-refractivity contribution in [2.24, 2.45) is 0 Å². The minimum absolute atomic E-state index is 0.431. The summed E-state index contributed by atoms with van der Waals surface area (Å²) < 4.78 is 10.8. The van der Waals surface area contributed by atoms with E-state index >= 15 is 0 Å². The van der Waals surface area contributed by atoms with Crippen LogP contribution in [0.5, 0.6) is 5.75 Å². The summed E-state index contributed by atoms with van der Waals surface area (Å²) in [6.45, 7) is 0.928. The van der Waals surface area contributed by atoms with E-state index in [4.69, 9.17) is 14.7 Å². The number of benzene rings is 2. The lowest BCUT2D eigenvalue weighted by Crippen LogP contribution is -1.97. The van der Waals surface area contributed by atoms with Crippen molar-refractivity contribution >= 4 is 0 Å². The summed E-state index contributed by atoms with van der Waals surface area (Å²) in [7, 11) is 1.64. The van der Waals surface area contributed by atoms with Crippen LogP contribution >= 0.6 is 0 Å². The number of nitriles is 1. The molecule has 96 valence electrons. The number of hydrogen-bond acceptors (Lipinski definition) is 3. The van der Waals surface area contributed by atoms with E-state index in [1.807, 2.05) is 42.5 Å². The van der Waals surface area contributed by atoms with Gasteiger partial charge >= 0.3 is 0 Å². The highest BCUT2D eigenvalue weighted by Gasteiger charge is 2.01. The van der Waals surface area contributed by atoms with Crippen molar-refractivity contribution in [3.05, 3.63) is 65.2 Å². The van der Waals surface area contributed by atoms with Crippen LogP contribution in [-0.2, 0) is 18.0 Å². The molecule has 0 saturated carbocycles. The van der Waals surface area contributed by atoms with Crippen molar-refractivity contribution in [2.45, 2.75) is 13.2 Å². The fourth-order valence-corrected chi connectivity index (χ4v) is 1.80. The lowest BCUT2D eigenvalue weighted by Gasteiger charge is -2.07. The first-order valence-corrected chi connectivity index (χ1v) is 6.02. The second-order valence-electron chi connectivity index (χ2n) is 4.11. The number of nitrogens with zero attached hydrogens (tertiary/aromatic N) is 1. The molecule has 0 atom stereocenters. The van der Waals surface area contributed by atoms with Crippen molar-refractivity contribution in [1.82, 2.24) is 0 Å². The summed E-state index contributed by atoms with van der Waals surface area (Å²) >= 11 is 0. The molecule has 19 heavy (non-hydrogen) atoms. The second kappa shape index (κ2) is 6.58. The number of methoxy groups -OCH3 is 1. The van der Waals surface area contributed by atoms with Crippen molar-refractivity contribution in [1.29, 1.82) is 5.26 Å². The van der Waals surface area contributed by atoms with Crippen LogP contribution in [0, 0.1) is 11.3 Å². The molecule has 0 bridgehead atoms. The Morgan fingerprint density at radius 1 is 1.05 bits per heavy atom. The third-order valence-electron chi connectivity index (χ3n) is 2.80. The lowest BCUT2D eigenvalue weighted by molar-refractivity contribution is 0.107. The normalized spacial score (nSPS) is 9.89. The third-order valence-corrected chi connectivity index (χ3v) is 2.80. The second-order valence-corrected chi connectivity index (χ2v) is 4.11. The van der Waals surface area contributed by atoms with E-state index in [0.717, 1.165) is 16.9 Å². The molecule has 2 rings (SSSR count). The topological polar surface area (TPSA) is 42.2 Å². The molecular formula is C16H15NO2. The lowest BCUT2D eigenvalue weighted by atomic mass is 10.1. The van der Waals surface area contributed by atoms with Gasteiger partial charge in [-0.25, -0.2) is 0 Å². The average molecular weight is 253 g/mol. The van der Waals surface area contributed by atoms with Crippen LogP contribution in [-0.4, -0.2) is 7.11 Å². The highest BCUT2D eigenvalue weighted by Crippen LogP contribution is 2.15. The molecule has 0 aromatic heterocycles. The summed E-state index contributed by atoms with van der Waals surface area (Å²) in [5.41, 5.74) is 2.62. The van der Waals surface area contributed by atoms with Gasteiger partial charge in [0.1, 0.15) is 5.75 Å². The van der Waals surface area contributed by atoms with Gasteiger partial charge in [-0.1, -0.05) is 30.3 Å². The minimum atomic E-state index is 0.431. The Labute approximate surface area is 113 Å². The van der Waals surface area contributed by atoms with Crippen LogP contribution in [0.3, 0.4) is 0 Å². The van der Waals surface area contributed by atoms with E-state index in [0.29, 0.717) is 18.8 Å². The first kappa shape index (κ1) is 13.1. The molecule has 0 saturated heterocycles. The van der Waals surface area contributed by atoms with Crippen LogP contribution in [0.15, 0.2) is 48.5 Å². The Balaban J connectivity index is 1.94. The van der Waals surface area contributed by atoms with Gasteiger partial charge in [0.25, 0.3) is 0 Å². The first-order valence-electron chi connectivity index (χ1n) is 6.02. The molecule has 0 aliphatic carbocycles. The fraction of sp³-hybridized carbons (Fsp3) is 0.188. The molecule has 0 radical (unpaired) electrons. The van der Waals surface area contributed by atoms with Gasteiger partial charge in [-0.15, -0.1) is 0 Å². The maximum atomic E-state index is 8.98. The van der Waals surface area contributed by atoms with E-state index in [9.17, 15) is 0 Å². The fourth-order valence-electron chi connectivity index (χ4n) is 1.80. The van der Waals surface area contributed by atoms with E-state index in [1.54, 1.807) is 13.2 Å². The van der Waals surface area contributed by atoms with E-state index in [-0.39, 0.29) is 0 Å². The third kappa shape index (κ3) is 3.57. The quantitative estimate of drug-likeness (QED) is 0.821. The molecule has 2 aromatic rings. The standard InChI is InChI=1S/C16H15NO2/c1-18-16-8-4-5-13(9-16)11-19-12-15-7-3-2-6-14(15)10-17/h2-9H,11-12H2,1H3. The number of ether oxygens (including phenoxy) is 2. The summed E-state index contributed by atoms with van der Waals surface area (Å²) in [5, 5.41) is 8.98. The molecule has 0 unspecified atom stereocenters. The van der Waals surface area contributed by atoms with Crippen LogP contribution in [0.25, 0.3) is 0 Å². The van der Waals surface area contributed by atoms with Gasteiger partial charge in [-0.3, -0.25) is 0 Å². The number of hydrogen-bond donors (Lipinski definition) is 0. The molecule has 0 heterocycles. The Morgan fingerprint density at radius 3 is 2.68 bits per heavy atom. The van der Waals surface area contributed by atoms with Crippen molar-refractivity contribution in [2.75, 3.05) is 7.11 Å². The summed E-state index contributed by atoms with van der Waals surface area (Å²) in [5.74, 6) is 0.818. The van der Waals surface area contributed by atoms with Gasteiger partial charge in [-0.2, -0.15) is 5.26 Å². The minimum Gasteiger partial charge on any atom is -0.497 e. The van der Waals surface area contributed by atoms with Gasteiger partial charge < -0.3 is 9.47 Å². The summed E-state index contributed by atoms with van der Waals surface area (Å²) in [6.07, 6.45) is 0. The largest absolute Gasteiger partial charge is 0.497 e. The molecule has 3 nitrogen and oxygen atoms in total. The first-order chi connectivity index (χ1) is 9.33. The smallest absolute Gasteiger partial charge is 0.119 e. The molecule has 0 fully saturated rings. The van der Waals surface area contributed by atoms with Gasteiger partial charge in [0.05, 0.1) is 32.0 Å². The predicted molar refractivity (Wildman–Crippen MR) is 72.6 cm³/mol. The number of rotatable bonds is 5. The monoisotopic (exact) mass is 253 g/mol. The molecule has 0 aliphatic rings. The zero-order chi connectivity index (χ0) is 13.5. The molecule has 0 N–H and O–H groups in total. The predicted octanol–water partition coefficient (Wildman–Crippen LogP) is 3.28. The van der Waals surface area contributed by atoms with Crippen LogP contribution in [0.1, 0.15) is 16.7 Å². The molecular weight excluding hydrogens is 238 g/mol. The van der Waals surface area contributed by atoms with Gasteiger partial charge in [0.15, 0.2) is 0 Å². The summed E-state index contributed by atoms with van der Waals surface area (Å²) in [6, 6.07) is 17.4. The molecule has 0 aliphatic heterocycles. The van der Waals surface area contributed by atoms with Gasteiger partial charge in [0, 0.05) is 0 Å². The zero-order valence-corrected chi connectivity index (χ0v) is 10.8. The molecule has 0 amide bonds. The van der Waals surface area contributed by atoms with Gasteiger partial charge in [0.2, 0.25) is 0 Å². The Morgan fingerprint density at radius 2 is 1.89 bits per heavy atom. The van der Waals surface area contributed by atoms with Gasteiger partial charge in [-0.05, 0) is 29.3 Å². The Hall–Kier alpha value is -2.31. The highest BCUT2D eigenvalue weighted by molar-refractivity contribution is 5.36. The van der Waals surface area contributed by atoms with E-state index < -0.39 is 0 Å².